The molecule has 0 spiro atoms. The largest absolute Gasteiger partial charge is 0.264 e. The van der Waals surface area contributed by atoms with E-state index in [4.69, 9.17) is 34.9 Å². The van der Waals surface area contributed by atoms with Crippen LogP contribution in [0.15, 0.2) is 207 Å². The van der Waals surface area contributed by atoms with Crippen LogP contribution in [-0.2, 0) is 0 Å². The summed E-state index contributed by atoms with van der Waals surface area (Å²) in [5.74, 6) is 1.68. The van der Waals surface area contributed by atoms with Gasteiger partial charge in [-0.15, -0.1) is 11.3 Å². The van der Waals surface area contributed by atoms with Gasteiger partial charge in [-0.05, 0) is 106 Å². The van der Waals surface area contributed by atoms with E-state index in [1.165, 1.54) is 26.2 Å². The average molecular weight is 899 g/mol. The fraction of sp³-hybridized carbons (Fsp3) is 0. The molecule has 69 heavy (non-hydrogen) atoms. The van der Waals surface area contributed by atoms with Crippen molar-refractivity contribution in [2.75, 3.05) is 0 Å². The van der Waals surface area contributed by atoms with Crippen LogP contribution in [0.2, 0.25) is 0 Å². The van der Waals surface area contributed by atoms with Gasteiger partial charge in [-0.25, -0.2) is 15.0 Å². The number of pyridine rings is 5. The number of benzene rings is 7. The second kappa shape index (κ2) is 15.7. The van der Waals surface area contributed by atoms with Gasteiger partial charge in [0.05, 0.1) is 22.1 Å². The highest BCUT2D eigenvalue weighted by Crippen LogP contribution is 2.45. The number of nitrogens with zero attached hydrogens (tertiary/aromatic N) is 8. The summed E-state index contributed by atoms with van der Waals surface area (Å²) in [6, 6.07) is 59.1. The zero-order valence-electron chi connectivity index (χ0n) is 36.6. The molecule has 8 nitrogen and oxygen atoms in total. The number of hydrogen-bond donors (Lipinski definition) is 0. The van der Waals surface area contributed by atoms with E-state index in [-0.39, 0.29) is 0 Å². The molecular formula is C60H34N8S. The molecule has 0 aliphatic heterocycles. The van der Waals surface area contributed by atoms with Gasteiger partial charge in [0.25, 0.3) is 0 Å². The smallest absolute Gasteiger partial charge is 0.165 e. The third kappa shape index (κ3) is 6.51. The van der Waals surface area contributed by atoms with Gasteiger partial charge in [-0.3, -0.25) is 24.9 Å². The molecule has 0 aliphatic rings. The third-order valence-electron chi connectivity index (χ3n) is 13.1. The first-order chi connectivity index (χ1) is 34.2. The first-order valence-corrected chi connectivity index (χ1v) is 23.5. The molecule has 0 N–H and O–H groups in total. The van der Waals surface area contributed by atoms with Crippen LogP contribution in [-0.4, -0.2) is 39.9 Å². The first kappa shape index (κ1) is 39.0. The third-order valence-corrected chi connectivity index (χ3v) is 14.3. The summed E-state index contributed by atoms with van der Waals surface area (Å²) < 4.78 is 2.33. The Morgan fingerprint density at radius 1 is 0.348 bits per heavy atom. The topological polar surface area (TPSA) is 103 Å². The van der Waals surface area contributed by atoms with Crippen molar-refractivity contribution in [2.45, 2.75) is 0 Å². The fourth-order valence-electron chi connectivity index (χ4n) is 10.00. The Morgan fingerprint density at radius 3 is 1.61 bits per heavy atom. The monoisotopic (exact) mass is 898 g/mol. The van der Waals surface area contributed by atoms with Crippen LogP contribution in [0.3, 0.4) is 0 Å². The van der Waals surface area contributed by atoms with E-state index in [9.17, 15) is 0 Å². The maximum atomic E-state index is 5.49. The zero-order chi connectivity index (χ0) is 45.4. The Hall–Kier alpha value is -9.18. The summed E-state index contributed by atoms with van der Waals surface area (Å²) in [4.78, 5) is 40.3. The molecule has 0 saturated carbocycles. The van der Waals surface area contributed by atoms with E-state index >= 15 is 0 Å². The predicted molar refractivity (Wildman–Crippen MR) is 282 cm³/mol. The Balaban J connectivity index is 1.07. The van der Waals surface area contributed by atoms with Crippen LogP contribution in [0, 0.1) is 0 Å². The van der Waals surface area contributed by atoms with E-state index in [1.54, 1.807) is 17.5 Å². The quantitative estimate of drug-likeness (QED) is 0.152. The van der Waals surface area contributed by atoms with Crippen molar-refractivity contribution in [1.82, 2.24) is 39.9 Å². The molecule has 0 atom stereocenters. The van der Waals surface area contributed by atoms with Crippen molar-refractivity contribution >= 4 is 85.9 Å². The lowest BCUT2D eigenvalue weighted by molar-refractivity contribution is 1.08. The second-order valence-electron chi connectivity index (χ2n) is 17.2. The lowest BCUT2D eigenvalue weighted by Crippen LogP contribution is -2.01. The summed E-state index contributed by atoms with van der Waals surface area (Å²) in [7, 11) is 0. The number of aromatic nitrogens is 8. The highest BCUT2D eigenvalue weighted by Gasteiger charge is 2.22. The molecule has 0 radical (unpaired) electrons. The van der Waals surface area contributed by atoms with E-state index in [1.807, 2.05) is 61.3 Å². The summed E-state index contributed by atoms with van der Waals surface area (Å²) in [6.07, 6.45) is 11.1. The van der Waals surface area contributed by atoms with Gasteiger partial charge in [0.2, 0.25) is 0 Å². The molecule has 0 unspecified atom stereocenters. The SMILES string of the molecule is c1cncc(-c2ccc(-c3nc(-c4cc(-c5c6cccnc6cc6cccnc56)cc(-c5c6cccnc6cc6cccnc56)c4)nc(-c4cccc5c4sc4ccc6ccccc6c45)n3)cc2)c1. The van der Waals surface area contributed by atoms with Gasteiger partial charge >= 0.3 is 0 Å². The maximum Gasteiger partial charge on any atom is 0.165 e. The van der Waals surface area contributed by atoms with Crippen molar-refractivity contribution in [3.63, 3.8) is 0 Å². The van der Waals surface area contributed by atoms with Crippen LogP contribution in [0.1, 0.15) is 0 Å². The Bertz CT molecular complexity index is 4140. The van der Waals surface area contributed by atoms with Gasteiger partial charge in [0, 0.05) is 107 Å². The molecule has 320 valence electrons. The Labute approximate surface area is 398 Å². The molecule has 0 saturated heterocycles. The summed E-state index contributed by atoms with van der Waals surface area (Å²) in [6.45, 7) is 0. The van der Waals surface area contributed by atoms with Gasteiger partial charge in [0.1, 0.15) is 0 Å². The standard InChI is InChI=1S/C60H34N8S/c1-2-13-44-36(9-1)22-23-51-54(44)47-14-3-15-48(57(47)69-51)60-67-58(37-20-18-35(19-21-37)40-12-4-24-61-34-40)66-59(68-60)43-30-41(52-45-16-7-25-62-49(45)32-38-10-5-27-64-55(38)52)29-42(31-43)53-46-17-8-26-63-50(46)33-39-11-6-28-65-56(39)53/h1-34H. The summed E-state index contributed by atoms with van der Waals surface area (Å²) in [5, 5.41) is 8.82. The molecule has 0 amide bonds. The van der Waals surface area contributed by atoms with Crippen LogP contribution >= 0.6 is 11.3 Å². The van der Waals surface area contributed by atoms with Gasteiger partial charge in [0.15, 0.2) is 17.5 Å². The number of thiophene rings is 1. The molecule has 0 bridgehead atoms. The van der Waals surface area contributed by atoms with Crippen molar-refractivity contribution < 1.29 is 0 Å². The molecular weight excluding hydrogens is 865 g/mol. The fourth-order valence-corrected chi connectivity index (χ4v) is 11.2. The summed E-state index contributed by atoms with van der Waals surface area (Å²) >= 11 is 1.77. The van der Waals surface area contributed by atoms with Crippen LogP contribution < -0.4 is 0 Å². The molecule has 7 aromatic carbocycles. The van der Waals surface area contributed by atoms with Crippen LogP contribution in [0.4, 0.5) is 0 Å². The second-order valence-corrected chi connectivity index (χ2v) is 18.2. The molecule has 0 fully saturated rings. The highest BCUT2D eigenvalue weighted by molar-refractivity contribution is 7.26. The maximum absolute atomic E-state index is 5.49. The first-order valence-electron chi connectivity index (χ1n) is 22.7. The van der Waals surface area contributed by atoms with Gasteiger partial charge in [-0.2, -0.15) is 0 Å². The van der Waals surface area contributed by atoms with Crippen molar-refractivity contribution in [2.24, 2.45) is 0 Å². The van der Waals surface area contributed by atoms with E-state index in [2.05, 4.69) is 145 Å². The Morgan fingerprint density at radius 2 is 0.913 bits per heavy atom. The molecule has 14 rings (SSSR count). The zero-order valence-corrected chi connectivity index (χ0v) is 37.4. The minimum atomic E-state index is 0.532. The number of rotatable bonds is 6. The Kier molecular flexibility index (Phi) is 8.90. The van der Waals surface area contributed by atoms with Crippen molar-refractivity contribution in [3.8, 4) is 67.5 Å². The molecule has 9 heteroatoms. The molecule has 7 aromatic heterocycles. The highest BCUT2D eigenvalue weighted by atomic mass is 32.1. The van der Waals surface area contributed by atoms with E-state index in [0.717, 1.165) is 98.4 Å². The molecule has 14 aromatic rings. The van der Waals surface area contributed by atoms with Crippen molar-refractivity contribution in [3.05, 3.63) is 207 Å². The van der Waals surface area contributed by atoms with Gasteiger partial charge < -0.3 is 0 Å². The molecule has 7 heterocycles. The molecule has 0 aliphatic carbocycles. The minimum absolute atomic E-state index is 0.532. The van der Waals surface area contributed by atoms with E-state index in [0.29, 0.717) is 17.5 Å². The lowest BCUT2D eigenvalue weighted by atomic mass is 9.90. The summed E-state index contributed by atoms with van der Waals surface area (Å²) in [5.41, 5.74) is 12.0. The normalized spacial score (nSPS) is 11.8. The van der Waals surface area contributed by atoms with Gasteiger partial charge in [-0.1, -0.05) is 97.1 Å². The van der Waals surface area contributed by atoms with Crippen molar-refractivity contribution in [1.29, 1.82) is 0 Å². The van der Waals surface area contributed by atoms with E-state index < -0.39 is 0 Å². The average Bonchev–Trinajstić information content (AvgIpc) is 3.81. The van der Waals surface area contributed by atoms with Crippen LogP contribution in [0.25, 0.3) is 142 Å². The number of hydrogen-bond acceptors (Lipinski definition) is 9. The number of fused-ring (bicyclic) bond motifs is 9. The minimum Gasteiger partial charge on any atom is -0.264 e. The lowest BCUT2D eigenvalue weighted by Gasteiger charge is -2.16. The predicted octanol–water partition coefficient (Wildman–Crippen LogP) is 15.0. The van der Waals surface area contributed by atoms with Crippen LogP contribution in [0.5, 0.6) is 0 Å².